The molecule has 0 unspecified atom stereocenters. The summed E-state index contributed by atoms with van der Waals surface area (Å²) in [5.41, 5.74) is 1.11. The number of amides is 1. The van der Waals surface area contributed by atoms with Gasteiger partial charge in [0.15, 0.2) is 6.10 Å². The zero-order valence-electron chi connectivity index (χ0n) is 13.9. The van der Waals surface area contributed by atoms with Gasteiger partial charge in [-0.15, -0.1) is 0 Å². The summed E-state index contributed by atoms with van der Waals surface area (Å²) in [4.78, 5) is 14.4. The number of halogens is 3. The summed E-state index contributed by atoms with van der Waals surface area (Å²) in [7, 11) is 0. The zero-order valence-corrected chi connectivity index (χ0v) is 13.9. The van der Waals surface area contributed by atoms with Crippen LogP contribution in [0, 0.1) is 0 Å². The van der Waals surface area contributed by atoms with Gasteiger partial charge < -0.3 is 9.64 Å². The van der Waals surface area contributed by atoms with E-state index in [0.717, 1.165) is 29.8 Å². The highest BCUT2D eigenvalue weighted by molar-refractivity contribution is 5.99. The van der Waals surface area contributed by atoms with Gasteiger partial charge in [-0.05, 0) is 50.1 Å². The lowest BCUT2D eigenvalue weighted by atomic mass is 10.1. The number of rotatable bonds is 3. The Morgan fingerprint density at radius 3 is 2.64 bits per heavy atom. The van der Waals surface area contributed by atoms with Gasteiger partial charge in [-0.3, -0.25) is 4.79 Å². The predicted octanol–water partition coefficient (Wildman–Crippen LogP) is 4.45. The van der Waals surface area contributed by atoms with Crippen LogP contribution >= 0.6 is 0 Å². The first kappa shape index (κ1) is 17.3. The van der Waals surface area contributed by atoms with E-state index in [9.17, 15) is 18.0 Å². The van der Waals surface area contributed by atoms with Crippen LogP contribution in [0.15, 0.2) is 48.5 Å². The van der Waals surface area contributed by atoms with Crippen LogP contribution in [-0.2, 0) is 17.4 Å². The van der Waals surface area contributed by atoms with Crippen molar-refractivity contribution in [1.82, 2.24) is 0 Å². The van der Waals surface area contributed by atoms with Gasteiger partial charge in [-0.25, -0.2) is 0 Å². The van der Waals surface area contributed by atoms with Crippen LogP contribution in [0.2, 0.25) is 0 Å². The van der Waals surface area contributed by atoms with Gasteiger partial charge >= 0.3 is 6.18 Å². The van der Waals surface area contributed by atoms with Gasteiger partial charge in [0.1, 0.15) is 5.75 Å². The van der Waals surface area contributed by atoms with Crippen LogP contribution in [0.25, 0.3) is 0 Å². The van der Waals surface area contributed by atoms with Gasteiger partial charge in [0, 0.05) is 11.7 Å². The molecule has 3 rings (SSSR count). The van der Waals surface area contributed by atoms with E-state index in [-0.39, 0.29) is 17.7 Å². The molecule has 0 saturated carbocycles. The number of hydrogen-bond donors (Lipinski definition) is 0. The topological polar surface area (TPSA) is 29.5 Å². The third-order valence-electron chi connectivity index (χ3n) is 4.27. The summed E-state index contributed by atoms with van der Waals surface area (Å²) in [6.07, 6.45) is -4.59. The summed E-state index contributed by atoms with van der Waals surface area (Å²) in [5, 5.41) is 0. The van der Waals surface area contributed by atoms with Gasteiger partial charge in [0.2, 0.25) is 0 Å². The Morgan fingerprint density at radius 2 is 1.92 bits per heavy atom. The van der Waals surface area contributed by atoms with E-state index >= 15 is 0 Å². The van der Waals surface area contributed by atoms with Gasteiger partial charge in [0.25, 0.3) is 5.91 Å². The SMILES string of the molecule is C[C@H](Oc1cccc(C(F)(F)F)c1)C(=O)N1c2ccccc2C[C@H]1C. The second kappa shape index (κ2) is 6.43. The minimum atomic E-state index is -4.45. The summed E-state index contributed by atoms with van der Waals surface area (Å²) >= 11 is 0. The van der Waals surface area contributed by atoms with E-state index < -0.39 is 17.8 Å². The Balaban J connectivity index is 1.78. The van der Waals surface area contributed by atoms with E-state index in [0.29, 0.717) is 0 Å². The highest BCUT2D eigenvalue weighted by Gasteiger charge is 2.34. The number of alkyl halides is 3. The number of anilines is 1. The fraction of sp³-hybridized carbons (Fsp3) is 0.316. The first-order chi connectivity index (χ1) is 11.8. The molecule has 0 aliphatic carbocycles. The fourth-order valence-corrected chi connectivity index (χ4v) is 3.10. The maximum absolute atomic E-state index is 12.8. The van der Waals surface area contributed by atoms with Gasteiger partial charge in [0.05, 0.1) is 5.56 Å². The molecule has 2 aromatic carbocycles. The molecule has 0 fully saturated rings. The number of carbonyl (C=O) groups is 1. The molecular weight excluding hydrogens is 331 g/mol. The number of ether oxygens (including phenoxy) is 1. The lowest BCUT2D eigenvalue weighted by molar-refractivity contribution is -0.137. The third kappa shape index (κ3) is 3.48. The standard InChI is InChI=1S/C19H18F3NO2/c1-12-10-14-6-3-4-9-17(14)23(12)18(24)13(2)25-16-8-5-7-15(11-16)19(20,21)22/h3-9,11-13H,10H2,1-2H3/t12-,13+/m1/s1. The van der Waals surface area contributed by atoms with Crippen molar-refractivity contribution in [3.63, 3.8) is 0 Å². The number of fused-ring (bicyclic) bond motifs is 1. The minimum Gasteiger partial charge on any atom is -0.481 e. The third-order valence-corrected chi connectivity index (χ3v) is 4.27. The van der Waals surface area contributed by atoms with E-state index in [1.54, 1.807) is 11.8 Å². The van der Waals surface area contributed by atoms with Crippen LogP contribution in [0.4, 0.5) is 18.9 Å². The van der Waals surface area contributed by atoms with Crippen molar-refractivity contribution >= 4 is 11.6 Å². The molecule has 132 valence electrons. The predicted molar refractivity (Wildman–Crippen MR) is 88.6 cm³/mol. The van der Waals surface area contributed by atoms with Gasteiger partial charge in [-0.1, -0.05) is 24.3 Å². The first-order valence-electron chi connectivity index (χ1n) is 8.02. The Bertz CT molecular complexity index is 788. The molecule has 2 aromatic rings. The van der Waals surface area contributed by atoms with E-state index in [4.69, 9.17) is 4.74 Å². The number of carbonyl (C=O) groups excluding carboxylic acids is 1. The summed E-state index contributed by atoms with van der Waals surface area (Å²) < 4.78 is 43.9. The van der Waals surface area contributed by atoms with Crippen molar-refractivity contribution in [2.24, 2.45) is 0 Å². The first-order valence-corrected chi connectivity index (χ1v) is 8.02. The number of benzene rings is 2. The average molecular weight is 349 g/mol. The Hall–Kier alpha value is -2.50. The summed E-state index contributed by atoms with van der Waals surface area (Å²) in [5.74, 6) is -0.245. The lowest BCUT2D eigenvalue weighted by Gasteiger charge is -2.26. The fourth-order valence-electron chi connectivity index (χ4n) is 3.10. The Labute approximate surface area is 144 Å². The van der Waals surface area contributed by atoms with Gasteiger partial charge in [-0.2, -0.15) is 13.2 Å². The maximum Gasteiger partial charge on any atom is 0.416 e. The lowest BCUT2D eigenvalue weighted by Crippen LogP contribution is -2.43. The van der Waals surface area contributed by atoms with Crippen molar-refractivity contribution in [3.8, 4) is 5.75 Å². The molecule has 0 saturated heterocycles. The summed E-state index contributed by atoms with van der Waals surface area (Å²) in [6, 6.07) is 12.2. The number of nitrogens with zero attached hydrogens (tertiary/aromatic N) is 1. The van der Waals surface area contributed by atoms with Crippen molar-refractivity contribution in [2.45, 2.75) is 38.6 Å². The second-order valence-electron chi connectivity index (χ2n) is 6.18. The molecule has 0 radical (unpaired) electrons. The number of para-hydroxylation sites is 1. The van der Waals surface area contributed by atoms with Crippen molar-refractivity contribution < 1.29 is 22.7 Å². The monoisotopic (exact) mass is 349 g/mol. The van der Waals surface area contributed by atoms with E-state index in [1.165, 1.54) is 12.1 Å². The van der Waals surface area contributed by atoms with Crippen molar-refractivity contribution in [2.75, 3.05) is 4.90 Å². The molecule has 6 heteroatoms. The van der Waals surface area contributed by atoms with E-state index in [1.807, 2.05) is 31.2 Å². The van der Waals surface area contributed by atoms with Crippen LogP contribution in [0.5, 0.6) is 5.75 Å². The number of hydrogen-bond acceptors (Lipinski definition) is 2. The van der Waals surface area contributed by atoms with Crippen LogP contribution < -0.4 is 9.64 Å². The zero-order chi connectivity index (χ0) is 18.2. The van der Waals surface area contributed by atoms with Crippen LogP contribution in [0.1, 0.15) is 25.0 Å². The minimum absolute atomic E-state index is 0.0162. The van der Waals surface area contributed by atoms with Crippen LogP contribution in [0.3, 0.4) is 0 Å². The van der Waals surface area contributed by atoms with E-state index in [2.05, 4.69) is 0 Å². The molecule has 1 heterocycles. The molecule has 3 nitrogen and oxygen atoms in total. The Morgan fingerprint density at radius 1 is 1.20 bits per heavy atom. The van der Waals surface area contributed by atoms with Crippen molar-refractivity contribution in [3.05, 3.63) is 59.7 Å². The maximum atomic E-state index is 12.8. The highest BCUT2D eigenvalue weighted by Crippen LogP contribution is 2.34. The average Bonchev–Trinajstić information content (AvgIpc) is 2.89. The van der Waals surface area contributed by atoms with Crippen LogP contribution in [-0.4, -0.2) is 18.1 Å². The smallest absolute Gasteiger partial charge is 0.416 e. The molecule has 0 spiro atoms. The normalized spacial score (nSPS) is 18.0. The molecule has 0 aromatic heterocycles. The molecule has 0 bridgehead atoms. The second-order valence-corrected chi connectivity index (χ2v) is 6.18. The molecule has 1 aliphatic rings. The Kier molecular flexibility index (Phi) is 4.45. The molecule has 0 N–H and O–H groups in total. The molecular formula is C19H18F3NO2. The molecule has 1 aliphatic heterocycles. The highest BCUT2D eigenvalue weighted by atomic mass is 19.4. The quantitative estimate of drug-likeness (QED) is 0.819. The summed E-state index contributed by atoms with van der Waals surface area (Å²) in [6.45, 7) is 3.49. The molecule has 25 heavy (non-hydrogen) atoms. The van der Waals surface area contributed by atoms with Crippen molar-refractivity contribution in [1.29, 1.82) is 0 Å². The molecule has 1 amide bonds. The molecule has 2 atom stereocenters. The largest absolute Gasteiger partial charge is 0.481 e.